The van der Waals surface area contributed by atoms with E-state index in [0.29, 0.717) is 22.9 Å². The number of sulfonamides is 1. The van der Waals surface area contributed by atoms with Gasteiger partial charge in [0, 0.05) is 40.8 Å². The van der Waals surface area contributed by atoms with Crippen LogP contribution in [0.25, 0.3) is 22.0 Å². The molecule has 2 aromatic carbocycles. The normalized spacial score (nSPS) is 14.7. The van der Waals surface area contributed by atoms with Crippen LogP contribution in [0.4, 0.5) is 11.6 Å². The fourth-order valence-electron chi connectivity index (χ4n) is 3.94. The molecule has 0 atom stereocenters. The van der Waals surface area contributed by atoms with Gasteiger partial charge in [0.15, 0.2) is 5.75 Å². The van der Waals surface area contributed by atoms with Crippen LogP contribution in [0.3, 0.4) is 0 Å². The molecule has 0 radical (unpaired) electrons. The van der Waals surface area contributed by atoms with Gasteiger partial charge in [-0.05, 0) is 62.3 Å². The highest BCUT2D eigenvalue weighted by Gasteiger charge is 2.20. The van der Waals surface area contributed by atoms with E-state index in [0.717, 1.165) is 42.4 Å². The summed E-state index contributed by atoms with van der Waals surface area (Å²) in [4.78, 5) is 13.5. The number of fused-ring (bicyclic) bond motifs is 1. The molecule has 1 saturated heterocycles. The summed E-state index contributed by atoms with van der Waals surface area (Å²) < 4.78 is 29.6. The average molecular weight is 477 g/mol. The fraction of sp³-hybridized carbons (Fsp3) is 0.208. The molecule has 2 aromatic heterocycles. The molecule has 1 aliphatic heterocycles. The van der Waals surface area contributed by atoms with Gasteiger partial charge in [-0.3, -0.25) is 4.98 Å². The second-order valence-corrected chi connectivity index (χ2v) is 9.64. The number of piperidine rings is 1. The maximum atomic E-state index is 11.5. The summed E-state index contributed by atoms with van der Waals surface area (Å²) in [6, 6.07) is 14.0. The van der Waals surface area contributed by atoms with Crippen LogP contribution in [0.5, 0.6) is 5.75 Å². The molecule has 0 aliphatic carbocycles. The monoisotopic (exact) mass is 476 g/mol. The fourth-order valence-corrected chi connectivity index (χ4v) is 4.45. The van der Waals surface area contributed by atoms with E-state index in [1.165, 1.54) is 12.1 Å². The van der Waals surface area contributed by atoms with Crippen molar-refractivity contribution in [2.75, 3.05) is 18.4 Å². The second-order valence-electron chi connectivity index (χ2n) is 8.08. The molecule has 0 saturated carbocycles. The number of anilines is 2. The molecule has 1 aliphatic rings. The topological polar surface area (TPSA) is 132 Å². The molecule has 9 nitrogen and oxygen atoms in total. The van der Waals surface area contributed by atoms with E-state index in [-0.39, 0.29) is 11.0 Å². The van der Waals surface area contributed by atoms with Crippen LogP contribution in [-0.4, -0.2) is 42.6 Å². The Labute approximate surface area is 197 Å². The molecule has 4 N–H and O–H groups in total. The van der Waals surface area contributed by atoms with Crippen molar-refractivity contribution in [3.05, 3.63) is 67.1 Å². The highest BCUT2D eigenvalue weighted by atomic mass is 32.2. The predicted molar refractivity (Wildman–Crippen MR) is 130 cm³/mol. The van der Waals surface area contributed by atoms with Crippen molar-refractivity contribution in [2.45, 2.75) is 23.8 Å². The van der Waals surface area contributed by atoms with E-state index in [2.05, 4.69) is 20.6 Å². The third kappa shape index (κ3) is 4.84. The number of hydrogen-bond donors (Lipinski definition) is 3. The maximum Gasteiger partial charge on any atom is 0.238 e. The summed E-state index contributed by atoms with van der Waals surface area (Å²) in [5.74, 6) is 1.07. The quantitative estimate of drug-likeness (QED) is 0.386. The van der Waals surface area contributed by atoms with E-state index < -0.39 is 10.0 Å². The van der Waals surface area contributed by atoms with Crippen LogP contribution in [0, 0.1) is 0 Å². The summed E-state index contributed by atoms with van der Waals surface area (Å²) in [6.07, 6.45) is 7.20. The van der Waals surface area contributed by atoms with Crippen molar-refractivity contribution in [3.8, 4) is 16.9 Å². The number of nitrogens with zero attached hydrogens (tertiary/aromatic N) is 3. The van der Waals surface area contributed by atoms with Gasteiger partial charge < -0.3 is 15.4 Å². The molecule has 174 valence electrons. The number of pyridine rings is 1. The summed E-state index contributed by atoms with van der Waals surface area (Å²) in [5, 5.41) is 12.5. The molecule has 34 heavy (non-hydrogen) atoms. The third-order valence-corrected chi connectivity index (χ3v) is 6.62. The van der Waals surface area contributed by atoms with Crippen LogP contribution < -0.4 is 20.5 Å². The first-order chi connectivity index (χ1) is 16.5. The molecule has 0 unspecified atom stereocenters. The highest BCUT2D eigenvalue weighted by molar-refractivity contribution is 7.89. The van der Waals surface area contributed by atoms with Gasteiger partial charge in [-0.25, -0.2) is 23.5 Å². The number of nitrogens with two attached hydrogens (primary N) is 1. The van der Waals surface area contributed by atoms with Gasteiger partial charge in [-0.15, -0.1) is 0 Å². The van der Waals surface area contributed by atoms with Gasteiger partial charge in [-0.2, -0.15) is 0 Å². The van der Waals surface area contributed by atoms with E-state index in [9.17, 15) is 8.42 Å². The van der Waals surface area contributed by atoms with Crippen LogP contribution >= 0.6 is 0 Å². The van der Waals surface area contributed by atoms with E-state index in [4.69, 9.17) is 14.9 Å². The molecular formula is C24H24N6O3S. The zero-order chi connectivity index (χ0) is 23.5. The lowest BCUT2D eigenvalue weighted by Crippen LogP contribution is -2.34. The Kier molecular flexibility index (Phi) is 6.10. The van der Waals surface area contributed by atoms with Crippen LogP contribution in [-0.2, 0) is 10.0 Å². The molecule has 1 fully saturated rings. The smallest absolute Gasteiger partial charge is 0.238 e. The Hall–Kier alpha value is -3.60. The average Bonchev–Trinajstić information content (AvgIpc) is 2.85. The molecule has 3 heterocycles. The Bertz CT molecular complexity index is 1410. The number of nitrogens with one attached hydrogen (secondary N) is 2. The molecular weight excluding hydrogens is 452 g/mol. The summed E-state index contributed by atoms with van der Waals surface area (Å²) >= 11 is 0. The summed E-state index contributed by atoms with van der Waals surface area (Å²) in [6.45, 7) is 1.82. The Balaban J connectivity index is 1.54. The summed E-state index contributed by atoms with van der Waals surface area (Å²) in [5.41, 5.74) is 3.19. The number of primary sulfonamides is 1. The number of hydrogen-bond acceptors (Lipinski definition) is 8. The number of ether oxygens (including phenoxy) is 1. The summed E-state index contributed by atoms with van der Waals surface area (Å²) in [7, 11) is -3.76. The minimum atomic E-state index is -3.76. The maximum absolute atomic E-state index is 11.5. The van der Waals surface area contributed by atoms with E-state index in [1.807, 2.05) is 30.5 Å². The molecule has 0 spiro atoms. The van der Waals surface area contributed by atoms with Crippen molar-refractivity contribution in [3.63, 3.8) is 0 Å². The van der Waals surface area contributed by atoms with Crippen molar-refractivity contribution >= 4 is 32.6 Å². The standard InChI is InChI=1S/C24H24N6O3S/c25-34(31,32)20-6-4-18(5-7-20)29-24-28-15-17-3-8-21(16-2-1-11-27-14-16)23(22(17)30-24)33-19-9-12-26-13-10-19/h1-8,11,14-15,19,26H,9-10,12-13H2,(H2,25,31,32)(H,28,29,30). The van der Waals surface area contributed by atoms with Gasteiger partial charge in [0.25, 0.3) is 0 Å². The lowest BCUT2D eigenvalue weighted by molar-refractivity contribution is 0.165. The van der Waals surface area contributed by atoms with Crippen molar-refractivity contribution in [1.29, 1.82) is 0 Å². The van der Waals surface area contributed by atoms with Gasteiger partial charge in [0.2, 0.25) is 16.0 Å². The molecule has 4 aromatic rings. The van der Waals surface area contributed by atoms with E-state index >= 15 is 0 Å². The largest absolute Gasteiger partial charge is 0.487 e. The van der Waals surface area contributed by atoms with Crippen LogP contribution in [0.15, 0.2) is 72.0 Å². The lowest BCUT2D eigenvalue weighted by Gasteiger charge is -2.25. The van der Waals surface area contributed by atoms with Crippen LogP contribution in [0.2, 0.25) is 0 Å². The first-order valence-corrected chi connectivity index (χ1v) is 12.5. The first kappa shape index (κ1) is 22.2. The highest BCUT2D eigenvalue weighted by Crippen LogP contribution is 2.37. The van der Waals surface area contributed by atoms with Crippen molar-refractivity contribution in [1.82, 2.24) is 20.3 Å². The lowest BCUT2D eigenvalue weighted by atomic mass is 10.0. The Morgan fingerprint density at radius 1 is 1.03 bits per heavy atom. The van der Waals surface area contributed by atoms with Gasteiger partial charge in [-0.1, -0.05) is 12.1 Å². The van der Waals surface area contributed by atoms with Crippen molar-refractivity contribution in [2.24, 2.45) is 5.14 Å². The number of rotatable bonds is 6. The zero-order valence-electron chi connectivity index (χ0n) is 18.3. The Morgan fingerprint density at radius 3 is 2.53 bits per heavy atom. The minimum Gasteiger partial charge on any atom is -0.487 e. The third-order valence-electron chi connectivity index (χ3n) is 5.69. The minimum absolute atomic E-state index is 0.0382. The van der Waals surface area contributed by atoms with Crippen molar-refractivity contribution < 1.29 is 13.2 Å². The van der Waals surface area contributed by atoms with Gasteiger partial charge in [0.05, 0.1) is 4.90 Å². The molecule has 5 rings (SSSR count). The number of aromatic nitrogens is 3. The van der Waals surface area contributed by atoms with E-state index in [1.54, 1.807) is 24.5 Å². The molecule has 0 amide bonds. The second kappa shape index (κ2) is 9.34. The Morgan fingerprint density at radius 2 is 1.82 bits per heavy atom. The zero-order valence-corrected chi connectivity index (χ0v) is 19.1. The number of benzene rings is 2. The molecule has 10 heteroatoms. The van der Waals surface area contributed by atoms with Gasteiger partial charge in [0.1, 0.15) is 11.6 Å². The van der Waals surface area contributed by atoms with Crippen LogP contribution in [0.1, 0.15) is 12.8 Å². The molecule has 0 bridgehead atoms. The predicted octanol–water partition coefficient (Wildman–Crippen LogP) is 3.21. The first-order valence-electron chi connectivity index (χ1n) is 10.9. The SMILES string of the molecule is NS(=O)(=O)c1ccc(Nc2ncc3ccc(-c4cccnc4)c(OC4CCNCC4)c3n2)cc1. The van der Waals surface area contributed by atoms with Gasteiger partial charge >= 0.3 is 0 Å².